The van der Waals surface area contributed by atoms with Crippen LogP contribution in [-0.2, 0) is 28.6 Å². The van der Waals surface area contributed by atoms with Gasteiger partial charge in [0.25, 0.3) is 0 Å². The maximum atomic E-state index is 12.9. The fourth-order valence-corrected chi connectivity index (χ4v) is 7.91. The van der Waals surface area contributed by atoms with Crippen LogP contribution < -0.4 is 0 Å². The maximum Gasteiger partial charge on any atom is 0.306 e. The van der Waals surface area contributed by atoms with Crippen molar-refractivity contribution >= 4 is 17.9 Å². The number of allylic oxidation sites excluding steroid dienone is 16. The van der Waals surface area contributed by atoms with E-state index in [1.54, 1.807) is 0 Å². The van der Waals surface area contributed by atoms with Gasteiger partial charge in [-0.05, 0) is 122 Å². The number of carbonyl (C=O) groups excluding carboxylic acids is 3. The third-order valence-corrected chi connectivity index (χ3v) is 12.3. The summed E-state index contributed by atoms with van der Waals surface area (Å²) in [7, 11) is 0. The van der Waals surface area contributed by atoms with Crippen molar-refractivity contribution in [1.82, 2.24) is 0 Å². The molecule has 0 bridgehead atoms. The van der Waals surface area contributed by atoms with Crippen LogP contribution in [0.5, 0.6) is 0 Å². The standard InChI is InChI=1S/C64H108O6/c1-4-7-10-13-16-19-22-25-28-30-31-32-33-34-37-39-42-45-48-51-54-57-63(66)69-60-61(59-68-62(65)56-53-50-47-44-41-38-35-27-24-21-18-15-12-9-6-3)70-64(67)58-55-52-49-46-43-40-36-29-26-23-20-17-14-11-8-5-2/h7,10,16,18-21,23,25,27-29,31-32,35-36,61H,4-6,8-9,11-15,17,22,24,26,30,33-34,37-60H2,1-3H3/b10-7-,19-16-,21-18-,23-20-,28-25-,32-31-,35-27-,36-29-. The lowest BCUT2D eigenvalue weighted by Crippen LogP contribution is -2.30. The zero-order valence-corrected chi connectivity index (χ0v) is 45.8. The van der Waals surface area contributed by atoms with Gasteiger partial charge >= 0.3 is 17.9 Å². The van der Waals surface area contributed by atoms with Crippen LogP contribution in [0.25, 0.3) is 0 Å². The summed E-state index contributed by atoms with van der Waals surface area (Å²) in [5.41, 5.74) is 0. The highest BCUT2D eigenvalue weighted by Gasteiger charge is 2.19. The maximum absolute atomic E-state index is 12.9. The van der Waals surface area contributed by atoms with Crippen molar-refractivity contribution in [3.63, 3.8) is 0 Å². The number of esters is 3. The summed E-state index contributed by atoms with van der Waals surface area (Å²) in [4.78, 5) is 38.2. The van der Waals surface area contributed by atoms with E-state index in [9.17, 15) is 14.4 Å². The van der Waals surface area contributed by atoms with Crippen LogP contribution in [-0.4, -0.2) is 37.2 Å². The van der Waals surface area contributed by atoms with Gasteiger partial charge in [0.05, 0.1) is 0 Å². The minimum absolute atomic E-state index is 0.0925. The first-order valence-electron chi connectivity index (χ1n) is 29.2. The second-order valence-corrected chi connectivity index (χ2v) is 19.2. The largest absolute Gasteiger partial charge is 0.462 e. The molecule has 6 nitrogen and oxygen atoms in total. The third-order valence-electron chi connectivity index (χ3n) is 12.3. The molecule has 0 fully saturated rings. The quantitative estimate of drug-likeness (QED) is 0.0262. The van der Waals surface area contributed by atoms with Crippen molar-refractivity contribution in [2.24, 2.45) is 0 Å². The third kappa shape index (κ3) is 55.3. The molecule has 0 aromatic carbocycles. The summed E-state index contributed by atoms with van der Waals surface area (Å²) in [5.74, 6) is -0.924. The fraction of sp³-hybridized carbons (Fsp3) is 0.703. The lowest BCUT2D eigenvalue weighted by Gasteiger charge is -2.18. The minimum Gasteiger partial charge on any atom is -0.462 e. The molecule has 0 spiro atoms. The molecule has 0 amide bonds. The first-order chi connectivity index (χ1) is 34.5. The van der Waals surface area contributed by atoms with Gasteiger partial charge in [-0.25, -0.2) is 0 Å². The van der Waals surface area contributed by atoms with Gasteiger partial charge in [0, 0.05) is 19.3 Å². The molecule has 6 heteroatoms. The van der Waals surface area contributed by atoms with Crippen molar-refractivity contribution in [2.75, 3.05) is 13.2 Å². The van der Waals surface area contributed by atoms with E-state index >= 15 is 0 Å². The highest BCUT2D eigenvalue weighted by molar-refractivity contribution is 5.71. The van der Waals surface area contributed by atoms with E-state index in [-0.39, 0.29) is 31.1 Å². The zero-order chi connectivity index (χ0) is 50.7. The van der Waals surface area contributed by atoms with Crippen LogP contribution in [0, 0.1) is 0 Å². The molecule has 0 aliphatic carbocycles. The predicted octanol–water partition coefficient (Wildman–Crippen LogP) is 19.7. The minimum atomic E-state index is -0.796. The van der Waals surface area contributed by atoms with Crippen LogP contribution >= 0.6 is 0 Å². The zero-order valence-electron chi connectivity index (χ0n) is 45.8. The van der Waals surface area contributed by atoms with Crippen molar-refractivity contribution in [3.8, 4) is 0 Å². The number of hydrogen-bond donors (Lipinski definition) is 0. The molecule has 0 heterocycles. The summed E-state index contributed by atoms with van der Waals surface area (Å²) in [6.07, 6.45) is 76.7. The molecule has 0 radical (unpaired) electrons. The molecule has 0 rings (SSSR count). The Labute approximate surface area is 432 Å². The normalized spacial score (nSPS) is 12.8. The molecule has 1 unspecified atom stereocenters. The molecule has 0 N–H and O–H groups in total. The number of unbranched alkanes of at least 4 members (excludes halogenated alkanes) is 25. The lowest BCUT2D eigenvalue weighted by molar-refractivity contribution is -0.167. The first-order valence-corrected chi connectivity index (χ1v) is 29.2. The van der Waals surface area contributed by atoms with Gasteiger partial charge < -0.3 is 14.2 Å². The number of rotatable bonds is 52. The molecule has 400 valence electrons. The van der Waals surface area contributed by atoms with Crippen molar-refractivity contribution < 1.29 is 28.6 Å². The van der Waals surface area contributed by atoms with Crippen LogP contribution in [0.4, 0.5) is 0 Å². The molecular formula is C64H108O6. The van der Waals surface area contributed by atoms with Gasteiger partial charge in [0.1, 0.15) is 13.2 Å². The molecule has 0 saturated heterocycles. The molecule has 0 aliphatic rings. The highest BCUT2D eigenvalue weighted by atomic mass is 16.6. The van der Waals surface area contributed by atoms with E-state index in [4.69, 9.17) is 14.2 Å². The molecule has 1 atom stereocenters. The van der Waals surface area contributed by atoms with Gasteiger partial charge in [0.15, 0.2) is 6.10 Å². The van der Waals surface area contributed by atoms with Crippen molar-refractivity contribution in [3.05, 3.63) is 97.2 Å². The molecule has 0 aromatic heterocycles. The van der Waals surface area contributed by atoms with Gasteiger partial charge in [-0.1, -0.05) is 227 Å². The summed E-state index contributed by atoms with van der Waals surface area (Å²) in [5, 5.41) is 0. The Morgan fingerprint density at radius 1 is 0.300 bits per heavy atom. The average molecular weight is 974 g/mol. The Hall–Kier alpha value is -3.67. The van der Waals surface area contributed by atoms with Gasteiger partial charge in [0.2, 0.25) is 0 Å². The predicted molar refractivity (Wildman–Crippen MR) is 302 cm³/mol. The summed E-state index contributed by atoms with van der Waals surface area (Å²) < 4.78 is 16.9. The van der Waals surface area contributed by atoms with E-state index in [2.05, 4.69) is 118 Å². The van der Waals surface area contributed by atoms with Crippen molar-refractivity contribution in [1.29, 1.82) is 0 Å². The van der Waals surface area contributed by atoms with Crippen LogP contribution in [0.2, 0.25) is 0 Å². The second-order valence-electron chi connectivity index (χ2n) is 19.2. The summed E-state index contributed by atoms with van der Waals surface area (Å²) in [6, 6.07) is 0. The Morgan fingerprint density at radius 3 is 0.900 bits per heavy atom. The SMILES string of the molecule is CC/C=C\C/C=C\C/C=C\C/C=C\CCCCCCCCCCC(=O)OCC(COC(=O)CCCCCCC/C=C\C/C=C\CCCCC)OC(=O)CCCCCCC/C=C\C/C=C\CCCCCC. The van der Waals surface area contributed by atoms with E-state index in [1.807, 2.05) is 0 Å². The average Bonchev–Trinajstić information content (AvgIpc) is 3.36. The Bertz CT molecular complexity index is 1400. The van der Waals surface area contributed by atoms with E-state index in [0.717, 1.165) is 141 Å². The monoisotopic (exact) mass is 973 g/mol. The fourth-order valence-electron chi connectivity index (χ4n) is 7.91. The van der Waals surface area contributed by atoms with Gasteiger partial charge in [-0.2, -0.15) is 0 Å². The molecule has 0 aliphatic heterocycles. The van der Waals surface area contributed by atoms with E-state index in [1.165, 1.54) is 89.9 Å². The van der Waals surface area contributed by atoms with Crippen molar-refractivity contribution in [2.45, 2.75) is 277 Å². The number of hydrogen-bond acceptors (Lipinski definition) is 6. The Kier molecular flexibility index (Phi) is 54.9. The molecule has 70 heavy (non-hydrogen) atoms. The lowest BCUT2D eigenvalue weighted by atomic mass is 10.1. The van der Waals surface area contributed by atoms with Gasteiger partial charge in [-0.3, -0.25) is 14.4 Å². The van der Waals surface area contributed by atoms with Crippen LogP contribution in [0.15, 0.2) is 97.2 Å². The topological polar surface area (TPSA) is 78.9 Å². The second kappa shape index (κ2) is 57.9. The van der Waals surface area contributed by atoms with Gasteiger partial charge in [-0.15, -0.1) is 0 Å². The molecule has 0 aromatic rings. The highest BCUT2D eigenvalue weighted by Crippen LogP contribution is 2.14. The smallest absolute Gasteiger partial charge is 0.306 e. The van der Waals surface area contributed by atoms with E-state index < -0.39 is 6.10 Å². The number of ether oxygens (including phenoxy) is 3. The molecule has 0 saturated carbocycles. The number of carbonyl (C=O) groups is 3. The van der Waals surface area contributed by atoms with E-state index in [0.29, 0.717) is 19.3 Å². The van der Waals surface area contributed by atoms with Crippen LogP contribution in [0.1, 0.15) is 271 Å². The summed E-state index contributed by atoms with van der Waals surface area (Å²) >= 11 is 0. The Morgan fingerprint density at radius 2 is 0.557 bits per heavy atom. The molecular weight excluding hydrogens is 865 g/mol. The summed E-state index contributed by atoms with van der Waals surface area (Å²) in [6.45, 7) is 6.46. The first kappa shape index (κ1) is 66.3. The van der Waals surface area contributed by atoms with Crippen LogP contribution in [0.3, 0.4) is 0 Å². The Balaban J connectivity index is 4.43.